The Morgan fingerprint density at radius 1 is 1.16 bits per heavy atom. The first-order valence-electron chi connectivity index (χ1n) is 5.33. The van der Waals surface area contributed by atoms with Gasteiger partial charge in [0.2, 0.25) is 0 Å². The summed E-state index contributed by atoms with van der Waals surface area (Å²) in [6.45, 7) is 0. The molecule has 0 aliphatic carbocycles. The van der Waals surface area contributed by atoms with Crippen LogP contribution in [0.5, 0.6) is 0 Å². The Hall–Kier alpha value is -1.23. The van der Waals surface area contributed by atoms with Gasteiger partial charge in [0.1, 0.15) is 0 Å². The van der Waals surface area contributed by atoms with E-state index in [4.69, 9.17) is 27.6 Å². The van der Waals surface area contributed by atoms with Crippen molar-refractivity contribution in [3.8, 4) is 0 Å². The average Bonchev–Trinajstić information content (AvgIpc) is 2.84. The van der Waals surface area contributed by atoms with Crippen molar-refractivity contribution in [3.63, 3.8) is 0 Å². The minimum Gasteiger partial charge on any atom is -0.472 e. The van der Waals surface area contributed by atoms with E-state index in [0.29, 0.717) is 21.2 Å². The molecule has 0 bridgehead atoms. The predicted molar refractivity (Wildman–Crippen MR) is 76.8 cm³/mol. The van der Waals surface area contributed by atoms with E-state index in [0.717, 1.165) is 5.41 Å². The Morgan fingerprint density at radius 2 is 1.95 bits per heavy atom. The molecule has 0 aliphatic rings. The molecule has 0 aliphatic heterocycles. The van der Waals surface area contributed by atoms with Crippen molar-refractivity contribution < 1.29 is 12.8 Å². The molecule has 2 rings (SSSR count). The van der Waals surface area contributed by atoms with Gasteiger partial charge >= 0.3 is 0 Å². The maximum atomic E-state index is 11.9. The van der Waals surface area contributed by atoms with Crippen LogP contribution in [0.25, 0.3) is 6.08 Å². The van der Waals surface area contributed by atoms with Crippen molar-refractivity contribution in [1.29, 1.82) is 0 Å². The van der Waals surface area contributed by atoms with Crippen molar-refractivity contribution in [2.24, 2.45) is 0 Å². The van der Waals surface area contributed by atoms with Crippen LogP contribution in [0.3, 0.4) is 0 Å². The van der Waals surface area contributed by atoms with Gasteiger partial charge in [-0.05, 0) is 29.8 Å². The van der Waals surface area contributed by atoms with E-state index in [1.54, 1.807) is 24.3 Å². The fraction of sp³-hybridized carbons (Fsp3) is 0.0769. The second kappa shape index (κ2) is 5.82. The summed E-state index contributed by atoms with van der Waals surface area (Å²) in [5.74, 6) is -0.127. The van der Waals surface area contributed by atoms with Crippen LogP contribution in [0.2, 0.25) is 10.0 Å². The van der Waals surface area contributed by atoms with Gasteiger partial charge < -0.3 is 4.42 Å². The first-order chi connectivity index (χ1) is 8.96. The van der Waals surface area contributed by atoms with E-state index in [2.05, 4.69) is 0 Å². The number of furan rings is 1. The van der Waals surface area contributed by atoms with Crippen LogP contribution < -0.4 is 0 Å². The minimum absolute atomic E-state index is 0.127. The van der Waals surface area contributed by atoms with E-state index in [-0.39, 0.29) is 5.75 Å². The molecule has 0 atom stereocenters. The van der Waals surface area contributed by atoms with E-state index in [9.17, 15) is 8.42 Å². The monoisotopic (exact) mass is 316 g/mol. The molecule has 2 aromatic rings. The van der Waals surface area contributed by atoms with Gasteiger partial charge in [-0.2, -0.15) is 0 Å². The Kier molecular flexibility index (Phi) is 4.34. The largest absolute Gasteiger partial charge is 0.472 e. The molecule has 100 valence electrons. The van der Waals surface area contributed by atoms with Crippen molar-refractivity contribution in [1.82, 2.24) is 0 Å². The summed E-state index contributed by atoms with van der Waals surface area (Å²) in [6.07, 6.45) is 4.42. The first kappa shape index (κ1) is 14.2. The highest BCUT2D eigenvalue weighted by molar-refractivity contribution is 7.93. The molecule has 0 unspecified atom stereocenters. The lowest BCUT2D eigenvalue weighted by molar-refractivity contribution is 0.567. The summed E-state index contributed by atoms with van der Waals surface area (Å²) >= 11 is 11.6. The molecular weight excluding hydrogens is 307 g/mol. The number of sulfone groups is 1. The number of hydrogen-bond acceptors (Lipinski definition) is 3. The van der Waals surface area contributed by atoms with Gasteiger partial charge in [0.05, 0.1) is 28.3 Å². The fourth-order valence-electron chi connectivity index (χ4n) is 1.46. The Balaban J connectivity index is 2.15. The molecule has 1 aromatic carbocycles. The molecule has 1 heterocycles. The van der Waals surface area contributed by atoms with Crippen LogP contribution in [-0.2, 0) is 15.6 Å². The lowest BCUT2D eigenvalue weighted by atomic mass is 10.2. The van der Waals surface area contributed by atoms with E-state index in [1.165, 1.54) is 18.6 Å². The van der Waals surface area contributed by atoms with Crippen LogP contribution in [0.4, 0.5) is 0 Å². The highest BCUT2D eigenvalue weighted by atomic mass is 35.5. The summed E-state index contributed by atoms with van der Waals surface area (Å²) in [5, 5.41) is 1.89. The van der Waals surface area contributed by atoms with Gasteiger partial charge in [0, 0.05) is 11.0 Å². The Labute approximate surface area is 121 Å². The number of rotatable bonds is 4. The van der Waals surface area contributed by atoms with E-state index < -0.39 is 9.84 Å². The molecule has 0 saturated heterocycles. The third-order valence-electron chi connectivity index (χ3n) is 2.36. The smallest absolute Gasteiger partial charge is 0.175 e. The standard InChI is InChI=1S/C13H10Cl2O3S/c14-12-2-1-11(7-13(12)15)9-19(16,17)6-4-10-3-5-18-8-10/h1-8H,9H2. The second-order valence-corrected chi connectivity index (χ2v) is 6.62. The average molecular weight is 317 g/mol. The van der Waals surface area contributed by atoms with Gasteiger partial charge in [0.15, 0.2) is 9.84 Å². The zero-order valence-electron chi connectivity index (χ0n) is 9.71. The van der Waals surface area contributed by atoms with E-state index >= 15 is 0 Å². The van der Waals surface area contributed by atoms with Crippen molar-refractivity contribution >= 4 is 39.1 Å². The predicted octanol–water partition coefficient (Wildman–Crippen LogP) is 4.17. The third-order valence-corrected chi connectivity index (χ3v) is 4.39. The summed E-state index contributed by atoms with van der Waals surface area (Å²) < 4.78 is 28.6. The molecule has 0 amide bonds. The zero-order valence-corrected chi connectivity index (χ0v) is 12.0. The highest BCUT2D eigenvalue weighted by Crippen LogP contribution is 2.23. The van der Waals surface area contributed by atoms with Crippen LogP contribution >= 0.6 is 23.2 Å². The lowest BCUT2D eigenvalue weighted by Gasteiger charge is -2.02. The van der Waals surface area contributed by atoms with E-state index in [1.807, 2.05) is 0 Å². The molecule has 0 fully saturated rings. The second-order valence-electron chi connectivity index (χ2n) is 3.92. The molecule has 0 radical (unpaired) electrons. The van der Waals surface area contributed by atoms with Gasteiger partial charge in [0.25, 0.3) is 0 Å². The zero-order chi connectivity index (χ0) is 13.9. The van der Waals surface area contributed by atoms with Crippen LogP contribution in [0.15, 0.2) is 46.6 Å². The first-order valence-corrected chi connectivity index (χ1v) is 7.80. The summed E-state index contributed by atoms with van der Waals surface area (Å²) in [6, 6.07) is 6.43. The molecule has 1 aromatic heterocycles. The molecule has 3 nitrogen and oxygen atoms in total. The molecule has 6 heteroatoms. The van der Waals surface area contributed by atoms with Gasteiger partial charge in [-0.15, -0.1) is 0 Å². The molecular formula is C13H10Cl2O3S. The summed E-state index contributed by atoms with van der Waals surface area (Å²) in [7, 11) is -3.36. The van der Waals surface area contributed by atoms with Crippen molar-refractivity contribution in [2.75, 3.05) is 0 Å². The third kappa shape index (κ3) is 4.13. The normalized spacial score (nSPS) is 12.1. The molecule has 19 heavy (non-hydrogen) atoms. The fourth-order valence-corrected chi connectivity index (χ4v) is 2.89. The minimum atomic E-state index is -3.36. The number of halogens is 2. The number of benzene rings is 1. The Morgan fingerprint density at radius 3 is 2.58 bits per heavy atom. The summed E-state index contributed by atoms with van der Waals surface area (Å²) in [5.41, 5.74) is 1.28. The summed E-state index contributed by atoms with van der Waals surface area (Å²) in [4.78, 5) is 0. The van der Waals surface area contributed by atoms with Gasteiger partial charge in [-0.25, -0.2) is 8.42 Å². The Bertz CT molecular complexity index is 689. The topological polar surface area (TPSA) is 47.3 Å². The molecule has 0 N–H and O–H groups in total. The van der Waals surface area contributed by atoms with Crippen LogP contribution in [0, 0.1) is 0 Å². The maximum absolute atomic E-state index is 11.9. The van der Waals surface area contributed by atoms with Crippen LogP contribution in [0.1, 0.15) is 11.1 Å². The van der Waals surface area contributed by atoms with Gasteiger partial charge in [-0.1, -0.05) is 29.3 Å². The van der Waals surface area contributed by atoms with Gasteiger partial charge in [-0.3, -0.25) is 0 Å². The van der Waals surface area contributed by atoms with Crippen molar-refractivity contribution in [3.05, 3.63) is 63.4 Å². The quantitative estimate of drug-likeness (QED) is 0.850. The SMILES string of the molecule is O=S(=O)(C=Cc1ccoc1)Cc1ccc(Cl)c(Cl)c1. The lowest BCUT2D eigenvalue weighted by Crippen LogP contribution is -1.99. The number of hydrogen-bond donors (Lipinski definition) is 0. The maximum Gasteiger partial charge on any atom is 0.175 e. The molecule has 0 saturated carbocycles. The highest BCUT2D eigenvalue weighted by Gasteiger charge is 2.09. The van der Waals surface area contributed by atoms with Crippen molar-refractivity contribution in [2.45, 2.75) is 5.75 Å². The molecule has 0 spiro atoms. The van der Waals surface area contributed by atoms with Crippen LogP contribution in [-0.4, -0.2) is 8.42 Å².